The van der Waals surface area contributed by atoms with Gasteiger partial charge in [-0.25, -0.2) is 10.3 Å². The van der Waals surface area contributed by atoms with E-state index in [1.807, 2.05) is 6.07 Å². The van der Waals surface area contributed by atoms with Crippen molar-refractivity contribution in [1.29, 1.82) is 0 Å². The van der Waals surface area contributed by atoms with Crippen LogP contribution in [0.25, 0.3) is 0 Å². The Hall–Kier alpha value is -4.60. The van der Waals surface area contributed by atoms with Crippen LogP contribution in [0.3, 0.4) is 0 Å². The molecule has 234 valence electrons. The van der Waals surface area contributed by atoms with E-state index >= 15 is 0 Å². The average Bonchev–Trinajstić information content (AvgIpc) is 3.46. The Bertz CT molecular complexity index is 1580. The normalized spacial score (nSPS) is 28.4. The number of ether oxygens (including phenoxy) is 1. The van der Waals surface area contributed by atoms with Gasteiger partial charge < -0.3 is 31.1 Å². The second-order valence-electron chi connectivity index (χ2n) is 12.0. The first-order chi connectivity index (χ1) is 20.7. The molecule has 4 aliphatic rings. The largest absolute Gasteiger partial charge is 0.492 e. The van der Waals surface area contributed by atoms with Gasteiger partial charge in [-0.05, 0) is 24.0 Å². The molecule has 1 saturated heterocycles. The highest BCUT2D eigenvalue weighted by Crippen LogP contribution is 2.41. The number of guanidine groups is 2. The summed E-state index contributed by atoms with van der Waals surface area (Å²) in [4.78, 5) is 39.0. The fraction of sp³-hybridized carbons (Fsp3) is 0.464. The standard InChI is InChI=1S/C28H32F3N9O4/c1-26(2)6-7-44-19-15(4-3-5-16(19)26)23(43)36-18-12-40-25(33)37-17(20-27(40,21(18)41)39-24(32)38-20)11-35-22(42)13-8-14(10-34-9-13)28(29,30)31/h3-5,8-10,17-18,20-21,41H,6-7,11-12H2,1-2H3,(H2,33,37)(H,35,42)(H,36,43)(H3,32,38,39)/p+1/t17-,18?,20-,21+,27-/m0/s1. The third-order valence-electron chi connectivity index (χ3n) is 8.82. The lowest BCUT2D eigenvalue weighted by atomic mass is 9.79. The topological polar surface area (TPSA) is 194 Å². The van der Waals surface area contributed by atoms with Gasteiger partial charge in [-0.1, -0.05) is 26.0 Å². The Morgan fingerprint density at radius 3 is 2.77 bits per heavy atom. The van der Waals surface area contributed by atoms with Gasteiger partial charge in [0, 0.05) is 31.0 Å². The monoisotopic (exact) mass is 616 g/mol. The molecule has 2 amide bonds. The van der Waals surface area contributed by atoms with Crippen LogP contribution in [-0.4, -0.2) is 88.3 Å². The molecule has 0 saturated carbocycles. The first kappa shape index (κ1) is 29.5. The SMILES string of the molecule is CC1(C)CCOc2c(C(=O)NC3CN4C(N)=N[C@@H](CNC(=O)c5cncc(C(F)(F)F)c5)[C@@H]5[NH+]=C(N)N[C@@]54[C@@H]3O)cccc21. The number of aliphatic imine (C=N–C) groups is 1. The van der Waals surface area contributed by atoms with Gasteiger partial charge in [-0.3, -0.25) is 25.3 Å². The molecule has 1 aromatic heterocycles. The molecule has 5 atom stereocenters. The van der Waals surface area contributed by atoms with Crippen LogP contribution >= 0.6 is 0 Å². The van der Waals surface area contributed by atoms with E-state index in [0.717, 1.165) is 18.2 Å². The third-order valence-corrected chi connectivity index (χ3v) is 8.82. The summed E-state index contributed by atoms with van der Waals surface area (Å²) in [5.74, 6) is -0.599. The van der Waals surface area contributed by atoms with Crippen LogP contribution in [0.1, 0.15) is 52.1 Å². The van der Waals surface area contributed by atoms with Crippen molar-refractivity contribution in [3.63, 3.8) is 0 Å². The fourth-order valence-corrected chi connectivity index (χ4v) is 6.50. The molecular weight excluding hydrogens is 583 g/mol. The summed E-state index contributed by atoms with van der Waals surface area (Å²) in [6.07, 6.45) is -3.47. The van der Waals surface area contributed by atoms with Crippen molar-refractivity contribution in [3.8, 4) is 5.75 Å². The van der Waals surface area contributed by atoms with Crippen molar-refractivity contribution >= 4 is 23.7 Å². The first-order valence-electron chi connectivity index (χ1n) is 14.1. The van der Waals surface area contributed by atoms with E-state index in [0.29, 0.717) is 30.2 Å². The highest BCUT2D eigenvalue weighted by molar-refractivity contribution is 5.98. The van der Waals surface area contributed by atoms with Gasteiger partial charge in [0.25, 0.3) is 11.8 Å². The molecule has 44 heavy (non-hydrogen) atoms. The van der Waals surface area contributed by atoms with Gasteiger partial charge in [0.1, 0.15) is 17.9 Å². The summed E-state index contributed by atoms with van der Waals surface area (Å²) in [7, 11) is 0. The van der Waals surface area contributed by atoms with E-state index in [1.54, 1.807) is 17.0 Å². The molecule has 0 bridgehead atoms. The number of hydrogen-bond donors (Lipinski definition) is 7. The van der Waals surface area contributed by atoms with Gasteiger partial charge in [-0.15, -0.1) is 0 Å². The summed E-state index contributed by atoms with van der Waals surface area (Å²) in [6, 6.07) is 3.73. The number of rotatable bonds is 5. The van der Waals surface area contributed by atoms with Crippen molar-refractivity contribution in [2.24, 2.45) is 16.5 Å². The molecule has 1 fully saturated rings. The van der Waals surface area contributed by atoms with E-state index in [2.05, 4.69) is 44.8 Å². The number of fused-ring (bicyclic) bond motifs is 1. The molecule has 0 aliphatic carbocycles. The quantitative estimate of drug-likeness (QED) is 0.201. The number of nitrogens with two attached hydrogens (primary N) is 2. The smallest absolute Gasteiger partial charge is 0.417 e. The van der Waals surface area contributed by atoms with E-state index in [1.165, 1.54) is 0 Å². The van der Waals surface area contributed by atoms with Crippen LogP contribution in [0.4, 0.5) is 13.2 Å². The maximum atomic E-state index is 13.6. The van der Waals surface area contributed by atoms with Gasteiger partial charge >= 0.3 is 12.1 Å². The number of carbonyl (C=O) groups excluding carboxylic acids is 2. The van der Waals surface area contributed by atoms with E-state index in [4.69, 9.17) is 16.2 Å². The number of aliphatic hydroxyl groups is 1. The molecule has 0 radical (unpaired) electrons. The van der Waals surface area contributed by atoms with Crippen LogP contribution in [0.5, 0.6) is 5.75 Å². The molecule has 4 aliphatic heterocycles. The molecule has 13 nitrogen and oxygen atoms in total. The number of alkyl halides is 3. The van der Waals surface area contributed by atoms with Gasteiger partial charge in [-0.2, -0.15) is 13.2 Å². The predicted octanol–water partition coefficient (Wildman–Crippen LogP) is -1.87. The number of halogens is 3. The Morgan fingerprint density at radius 2 is 2.02 bits per heavy atom. The average molecular weight is 617 g/mol. The molecule has 1 aromatic carbocycles. The lowest BCUT2D eigenvalue weighted by Gasteiger charge is -2.43. The zero-order chi connectivity index (χ0) is 31.6. The number of aromatic nitrogens is 1. The van der Waals surface area contributed by atoms with Crippen LogP contribution in [0.15, 0.2) is 41.7 Å². The number of pyridine rings is 1. The first-order valence-corrected chi connectivity index (χ1v) is 14.1. The molecule has 1 spiro atoms. The molecule has 9 N–H and O–H groups in total. The molecular formula is C28H33F3N9O4+. The second-order valence-corrected chi connectivity index (χ2v) is 12.0. The Morgan fingerprint density at radius 1 is 1.25 bits per heavy atom. The number of hydrogen-bond acceptors (Lipinski definition) is 10. The molecule has 16 heteroatoms. The molecule has 6 rings (SSSR count). The maximum Gasteiger partial charge on any atom is 0.417 e. The zero-order valence-corrected chi connectivity index (χ0v) is 23.9. The van der Waals surface area contributed by atoms with Gasteiger partial charge in [0.2, 0.25) is 5.66 Å². The lowest BCUT2D eigenvalue weighted by molar-refractivity contribution is -0.513. The van der Waals surface area contributed by atoms with Crippen molar-refractivity contribution in [1.82, 2.24) is 25.8 Å². The Balaban J connectivity index is 1.21. The lowest BCUT2D eigenvalue weighted by Crippen LogP contribution is -2.88. The maximum absolute atomic E-state index is 13.6. The summed E-state index contributed by atoms with van der Waals surface area (Å²) in [6.45, 7) is 4.56. The summed E-state index contributed by atoms with van der Waals surface area (Å²) in [5, 5.41) is 20.3. The van der Waals surface area contributed by atoms with Crippen molar-refractivity contribution in [3.05, 3.63) is 58.9 Å². The van der Waals surface area contributed by atoms with Gasteiger partial charge in [0.15, 0.2) is 12.0 Å². The van der Waals surface area contributed by atoms with Crippen molar-refractivity contribution in [2.45, 2.75) is 61.8 Å². The number of nitrogens with one attached hydrogen (secondary N) is 4. The number of aliphatic hydroxyl groups excluding tert-OH is 1. The highest BCUT2D eigenvalue weighted by Gasteiger charge is 2.68. The van der Waals surface area contributed by atoms with E-state index < -0.39 is 53.4 Å². The van der Waals surface area contributed by atoms with Crippen LogP contribution < -0.4 is 37.1 Å². The minimum atomic E-state index is -4.66. The zero-order valence-electron chi connectivity index (χ0n) is 23.9. The van der Waals surface area contributed by atoms with Crippen LogP contribution in [-0.2, 0) is 11.6 Å². The summed E-state index contributed by atoms with van der Waals surface area (Å²) < 4.78 is 45.2. The predicted molar refractivity (Wildman–Crippen MR) is 150 cm³/mol. The highest BCUT2D eigenvalue weighted by atomic mass is 19.4. The molecule has 5 heterocycles. The number of benzene rings is 1. The van der Waals surface area contributed by atoms with Crippen molar-refractivity contribution < 1.29 is 37.6 Å². The number of amides is 2. The van der Waals surface area contributed by atoms with Crippen molar-refractivity contribution in [2.75, 3.05) is 19.7 Å². The minimum Gasteiger partial charge on any atom is -0.492 e. The summed E-state index contributed by atoms with van der Waals surface area (Å²) in [5.41, 5.74) is 10.9. The summed E-state index contributed by atoms with van der Waals surface area (Å²) >= 11 is 0. The number of para-hydroxylation sites is 1. The Kier molecular flexibility index (Phi) is 6.86. The Labute approximate surface area is 249 Å². The van der Waals surface area contributed by atoms with E-state index in [-0.39, 0.29) is 36.0 Å². The van der Waals surface area contributed by atoms with Crippen LogP contribution in [0.2, 0.25) is 0 Å². The fourth-order valence-electron chi connectivity index (χ4n) is 6.50. The number of nitrogens with zero attached hydrogens (tertiary/aromatic N) is 3. The van der Waals surface area contributed by atoms with Gasteiger partial charge in [0.05, 0.1) is 29.3 Å². The van der Waals surface area contributed by atoms with E-state index in [9.17, 15) is 27.9 Å². The minimum absolute atomic E-state index is 0.0169. The third kappa shape index (κ3) is 4.73. The van der Waals surface area contributed by atoms with Crippen LogP contribution in [0, 0.1) is 0 Å². The number of carbonyl (C=O) groups is 2. The molecule has 2 aromatic rings. The second kappa shape index (κ2) is 10.2. The molecule has 1 unspecified atom stereocenters.